The summed E-state index contributed by atoms with van der Waals surface area (Å²) in [5.74, 6) is 0. The molecule has 6 heavy (non-hydrogen) atoms. The number of hydrogen-bond acceptors (Lipinski definition) is 1. The first-order chi connectivity index (χ1) is 2.77. The number of rotatable bonds is 2. The van der Waals surface area contributed by atoms with E-state index in [0.29, 0.717) is 4.82 Å². The second-order valence-electron chi connectivity index (χ2n) is 1.30. The molecule has 0 aromatic carbocycles. The molecule has 0 aliphatic carbocycles. The molecule has 0 N–H and O–H groups in total. The van der Waals surface area contributed by atoms with Crippen molar-refractivity contribution >= 4 is 16.0 Å². The van der Waals surface area contributed by atoms with Gasteiger partial charge in [0.05, 0.1) is 0 Å². The second kappa shape index (κ2) is 3.66. The molecule has 2 heteroatoms. The summed E-state index contributed by atoms with van der Waals surface area (Å²) in [6.07, 6.45) is 0. The van der Waals surface area contributed by atoms with Gasteiger partial charge >= 0.3 is 46.2 Å². The Kier molecular flexibility index (Phi) is 3.95. The molecular weight excluding hydrogens is 143 g/mol. The third kappa shape index (κ3) is 4.48. The van der Waals surface area contributed by atoms with Gasteiger partial charge in [-0.3, -0.25) is 0 Å². The maximum absolute atomic E-state index is 4.79. The van der Waals surface area contributed by atoms with Crippen molar-refractivity contribution < 1.29 is 4.74 Å². The van der Waals surface area contributed by atoms with E-state index >= 15 is 0 Å². The molecule has 0 rings (SSSR count). The molecule has 38 valence electrons. The molecule has 0 aromatic rings. The molecule has 0 bridgehead atoms. The second-order valence-corrected chi connectivity index (χ2v) is 3.15. The first-order valence-electron chi connectivity index (χ1n) is 1.94. The maximum atomic E-state index is 4.79. The normalized spacial score (nSPS) is 14.5. The summed E-state index contributed by atoms with van der Waals surface area (Å²) in [7, 11) is 1.71. The van der Waals surface area contributed by atoms with E-state index in [9.17, 15) is 0 Å². The summed E-state index contributed by atoms with van der Waals surface area (Å²) in [5.41, 5.74) is 0. The van der Waals surface area contributed by atoms with Gasteiger partial charge in [-0.2, -0.15) is 0 Å². The fraction of sp³-hybridized carbons (Fsp3) is 1.00. The standard InChI is InChI=1S/C4H10OSe/c1-4(6)3-5-2/h4,6H,3H2,1-2H3. The predicted molar refractivity (Wildman–Crippen MR) is 28.4 cm³/mol. The molecule has 0 heterocycles. The van der Waals surface area contributed by atoms with Crippen LogP contribution >= 0.6 is 0 Å². The van der Waals surface area contributed by atoms with E-state index < -0.39 is 0 Å². The van der Waals surface area contributed by atoms with Crippen LogP contribution in [0.3, 0.4) is 0 Å². The van der Waals surface area contributed by atoms with Gasteiger partial charge in [-0.25, -0.2) is 0 Å². The van der Waals surface area contributed by atoms with Crippen molar-refractivity contribution in [1.29, 1.82) is 0 Å². The summed E-state index contributed by atoms with van der Waals surface area (Å²) in [5, 5.41) is 0. The average molecular weight is 153 g/mol. The van der Waals surface area contributed by atoms with Gasteiger partial charge in [0.15, 0.2) is 0 Å². The Hall–Kier alpha value is 0.479. The Morgan fingerprint density at radius 2 is 2.33 bits per heavy atom. The number of ether oxygens (including phenoxy) is 1. The molecule has 0 fully saturated rings. The molecule has 0 aliphatic rings. The van der Waals surface area contributed by atoms with Gasteiger partial charge in [0, 0.05) is 0 Å². The Labute approximate surface area is 46.9 Å². The van der Waals surface area contributed by atoms with Crippen LogP contribution in [0.4, 0.5) is 0 Å². The Bertz CT molecular complexity index is 28.7. The van der Waals surface area contributed by atoms with E-state index in [0.717, 1.165) is 6.61 Å². The van der Waals surface area contributed by atoms with Gasteiger partial charge in [-0.1, -0.05) is 0 Å². The fourth-order valence-electron chi connectivity index (χ4n) is 0.241. The van der Waals surface area contributed by atoms with E-state index in [-0.39, 0.29) is 0 Å². The van der Waals surface area contributed by atoms with Crippen LogP contribution in [0.2, 0.25) is 4.82 Å². The quantitative estimate of drug-likeness (QED) is 0.520. The molecule has 1 unspecified atom stereocenters. The Morgan fingerprint density at radius 3 is 2.33 bits per heavy atom. The molecule has 1 nitrogen and oxygen atoms in total. The van der Waals surface area contributed by atoms with Crippen molar-refractivity contribution in [3.63, 3.8) is 0 Å². The van der Waals surface area contributed by atoms with Crippen molar-refractivity contribution in [1.82, 2.24) is 0 Å². The summed E-state index contributed by atoms with van der Waals surface area (Å²) in [6.45, 7) is 2.95. The van der Waals surface area contributed by atoms with Crippen molar-refractivity contribution in [3.8, 4) is 0 Å². The van der Waals surface area contributed by atoms with Gasteiger partial charge in [-0.15, -0.1) is 0 Å². The van der Waals surface area contributed by atoms with Gasteiger partial charge in [0.25, 0.3) is 0 Å². The summed E-state index contributed by atoms with van der Waals surface area (Å²) < 4.78 is 4.79. The molecule has 0 radical (unpaired) electrons. The van der Waals surface area contributed by atoms with Crippen molar-refractivity contribution in [3.05, 3.63) is 0 Å². The summed E-state index contributed by atoms with van der Waals surface area (Å²) in [6, 6.07) is 0. The Morgan fingerprint density at radius 1 is 1.83 bits per heavy atom. The molecule has 0 amide bonds. The predicted octanol–water partition coefficient (Wildman–Crippen LogP) is 0.342. The summed E-state index contributed by atoms with van der Waals surface area (Å²) >= 11 is 2.52. The van der Waals surface area contributed by atoms with Crippen LogP contribution in [0.5, 0.6) is 0 Å². The number of hydrogen-bond donors (Lipinski definition) is 0. The monoisotopic (exact) mass is 154 g/mol. The molecule has 1 atom stereocenters. The van der Waals surface area contributed by atoms with Crippen LogP contribution in [0.15, 0.2) is 0 Å². The fourth-order valence-corrected chi connectivity index (χ4v) is 0.554. The van der Waals surface area contributed by atoms with E-state index in [1.165, 1.54) is 0 Å². The van der Waals surface area contributed by atoms with Gasteiger partial charge < -0.3 is 0 Å². The van der Waals surface area contributed by atoms with E-state index in [4.69, 9.17) is 4.74 Å². The third-order valence-electron chi connectivity index (χ3n) is 0.408. The molecular formula is C4H10OSe. The molecule has 0 aromatic heterocycles. The first kappa shape index (κ1) is 6.48. The third-order valence-corrected chi connectivity index (χ3v) is 0.721. The van der Waals surface area contributed by atoms with E-state index in [1.807, 2.05) is 0 Å². The van der Waals surface area contributed by atoms with Gasteiger partial charge in [-0.05, 0) is 0 Å². The van der Waals surface area contributed by atoms with Crippen LogP contribution in [-0.2, 0) is 4.74 Å². The minimum atomic E-state index is 0.613. The zero-order chi connectivity index (χ0) is 4.99. The van der Waals surface area contributed by atoms with Crippen LogP contribution in [0.25, 0.3) is 0 Å². The number of methoxy groups -OCH3 is 1. The topological polar surface area (TPSA) is 9.23 Å². The van der Waals surface area contributed by atoms with Crippen LogP contribution in [0, 0.1) is 0 Å². The van der Waals surface area contributed by atoms with Gasteiger partial charge in [0.2, 0.25) is 0 Å². The Balaban J connectivity index is 2.63. The molecule has 0 spiro atoms. The van der Waals surface area contributed by atoms with Gasteiger partial charge in [0.1, 0.15) is 0 Å². The van der Waals surface area contributed by atoms with Crippen LogP contribution < -0.4 is 0 Å². The molecule has 0 saturated heterocycles. The minimum absolute atomic E-state index is 0.613. The van der Waals surface area contributed by atoms with Crippen molar-refractivity contribution in [2.24, 2.45) is 0 Å². The zero-order valence-corrected chi connectivity index (χ0v) is 6.02. The first-order valence-corrected chi connectivity index (χ1v) is 3.02. The van der Waals surface area contributed by atoms with E-state index in [1.54, 1.807) is 7.11 Å². The SMILES string of the molecule is COCC(C)[SeH]. The van der Waals surface area contributed by atoms with E-state index in [2.05, 4.69) is 22.9 Å². The van der Waals surface area contributed by atoms with Crippen molar-refractivity contribution in [2.75, 3.05) is 13.7 Å². The van der Waals surface area contributed by atoms with Crippen LogP contribution in [0.1, 0.15) is 6.92 Å². The van der Waals surface area contributed by atoms with Crippen LogP contribution in [-0.4, -0.2) is 29.7 Å². The zero-order valence-electron chi connectivity index (χ0n) is 4.14. The van der Waals surface area contributed by atoms with Crippen molar-refractivity contribution in [2.45, 2.75) is 11.7 Å². The molecule has 0 aliphatic heterocycles. The molecule has 0 saturated carbocycles. The summed E-state index contributed by atoms with van der Waals surface area (Å²) in [4.78, 5) is 0.613. The average Bonchev–Trinajstić information content (AvgIpc) is 1.35.